The van der Waals surface area contributed by atoms with Crippen molar-refractivity contribution in [3.05, 3.63) is 29.8 Å². The highest BCUT2D eigenvalue weighted by molar-refractivity contribution is 5.77. The van der Waals surface area contributed by atoms with Gasteiger partial charge in [-0.15, -0.1) is 0 Å². The molecule has 1 atom stereocenters. The molecule has 1 aromatic carbocycles. The Labute approximate surface area is 168 Å². The second kappa shape index (κ2) is 10.2. The van der Waals surface area contributed by atoms with Crippen molar-refractivity contribution in [3.63, 3.8) is 0 Å². The van der Waals surface area contributed by atoms with Crippen LogP contribution in [0, 0.1) is 6.92 Å². The predicted molar refractivity (Wildman–Crippen MR) is 107 cm³/mol. The van der Waals surface area contributed by atoms with E-state index in [1.165, 1.54) is 0 Å². The Bertz CT molecular complexity index is 627. The van der Waals surface area contributed by atoms with Gasteiger partial charge in [-0.25, -0.2) is 0 Å². The Morgan fingerprint density at radius 3 is 2.86 bits per heavy atom. The van der Waals surface area contributed by atoms with Gasteiger partial charge in [-0.1, -0.05) is 12.1 Å². The fraction of sp³-hybridized carbons (Fsp3) is 0.682. The number of nitrogens with zero attached hydrogens (tertiary/aromatic N) is 1. The molecule has 0 saturated carbocycles. The van der Waals surface area contributed by atoms with Crippen LogP contribution in [0.25, 0.3) is 0 Å². The normalized spacial score (nSPS) is 21.6. The van der Waals surface area contributed by atoms with Crippen molar-refractivity contribution in [2.45, 2.75) is 51.2 Å². The molecule has 2 fully saturated rings. The minimum absolute atomic E-state index is 0.0386. The minimum Gasteiger partial charge on any atom is -0.484 e. The van der Waals surface area contributed by atoms with Crippen molar-refractivity contribution in [2.24, 2.45) is 0 Å². The lowest BCUT2D eigenvalue weighted by molar-refractivity contribution is -0.163. The van der Waals surface area contributed by atoms with Gasteiger partial charge in [0.05, 0.1) is 24.9 Å². The first kappa shape index (κ1) is 21.1. The maximum atomic E-state index is 12.5. The zero-order valence-corrected chi connectivity index (χ0v) is 17.2. The lowest BCUT2D eigenvalue weighted by atomic mass is 9.83. The summed E-state index contributed by atoms with van der Waals surface area (Å²) in [4.78, 5) is 14.4. The Balaban J connectivity index is 1.42. The van der Waals surface area contributed by atoms with E-state index < -0.39 is 0 Å². The first-order chi connectivity index (χ1) is 13.6. The van der Waals surface area contributed by atoms with E-state index in [1.54, 1.807) is 0 Å². The van der Waals surface area contributed by atoms with E-state index in [0.29, 0.717) is 26.3 Å². The van der Waals surface area contributed by atoms with Crippen molar-refractivity contribution in [3.8, 4) is 5.75 Å². The van der Waals surface area contributed by atoms with E-state index in [4.69, 9.17) is 18.9 Å². The van der Waals surface area contributed by atoms with E-state index in [-0.39, 0.29) is 24.2 Å². The SMILES string of the molecule is CCOCCOC1CCOC2(CCN(C(=O)COc3cccc(C)c3)CC2)C1. The molecule has 1 aromatic rings. The van der Waals surface area contributed by atoms with Crippen molar-refractivity contribution < 1.29 is 23.7 Å². The standard InChI is InChI=1S/C22H33NO5/c1-3-25-13-14-26-20-7-12-28-22(16-20)8-10-23(11-9-22)21(24)17-27-19-6-4-5-18(2)15-19/h4-6,15,20H,3,7-14,16-17H2,1-2H3. The van der Waals surface area contributed by atoms with Crippen molar-refractivity contribution in [1.29, 1.82) is 0 Å². The molecular weight excluding hydrogens is 358 g/mol. The van der Waals surface area contributed by atoms with Crippen molar-refractivity contribution in [1.82, 2.24) is 4.90 Å². The highest BCUT2D eigenvalue weighted by Gasteiger charge is 2.41. The molecule has 1 unspecified atom stereocenters. The Hall–Kier alpha value is -1.63. The molecule has 156 valence electrons. The molecule has 0 aliphatic carbocycles. The Morgan fingerprint density at radius 2 is 2.11 bits per heavy atom. The fourth-order valence-corrected chi connectivity index (χ4v) is 4.00. The number of hydrogen-bond acceptors (Lipinski definition) is 5. The van der Waals surface area contributed by atoms with Crippen LogP contribution >= 0.6 is 0 Å². The highest BCUT2D eigenvalue weighted by atomic mass is 16.5. The molecule has 2 aliphatic heterocycles. The number of rotatable bonds is 8. The molecule has 0 bridgehead atoms. The molecule has 2 heterocycles. The molecule has 0 radical (unpaired) electrons. The lowest BCUT2D eigenvalue weighted by Gasteiger charge is -2.46. The smallest absolute Gasteiger partial charge is 0.260 e. The van der Waals surface area contributed by atoms with Crippen LogP contribution in [0.4, 0.5) is 0 Å². The zero-order valence-electron chi connectivity index (χ0n) is 17.2. The highest BCUT2D eigenvalue weighted by Crippen LogP contribution is 2.36. The molecule has 2 saturated heterocycles. The predicted octanol–water partition coefficient (Wildman–Crippen LogP) is 2.97. The molecule has 28 heavy (non-hydrogen) atoms. The average molecular weight is 392 g/mol. The van der Waals surface area contributed by atoms with E-state index in [0.717, 1.165) is 50.2 Å². The van der Waals surface area contributed by atoms with Crippen LogP contribution in [0.5, 0.6) is 5.75 Å². The molecule has 0 aromatic heterocycles. The molecule has 2 aliphatic rings. The third kappa shape index (κ3) is 5.93. The number of likely N-dealkylation sites (tertiary alicyclic amines) is 1. The molecule has 3 rings (SSSR count). The van der Waals surface area contributed by atoms with Gasteiger partial charge in [-0.3, -0.25) is 4.79 Å². The minimum atomic E-state index is -0.150. The van der Waals surface area contributed by atoms with Crippen LogP contribution in [-0.4, -0.2) is 68.6 Å². The Morgan fingerprint density at radius 1 is 1.29 bits per heavy atom. The van der Waals surface area contributed by atoms with Crippen LogP contribution in [-0.2, 0) is 19.0 Å². The third-order valence-corrected chi connectivity index (χ3v) is 5.61. The van der Waals surface area contributed by atoms with Gasteiger partial charge in [0.1, 0.15) is 5.75 Å². The summed E-state index contributed by atoms with van der Waals surface area (Å²) in [6, 6.07) is 7.77. The van der Waals surface area contributed by atoms with Gasteiger partial charge in [-0.2, -0.15) is 0 Å². The van der Waals surface area contributed by atoms with Crippen molar-refractivity contribution >= 4 is 5.91 Å². The summed E-state index contributed by atoms with van der Waals surface area (Å²) in [6.07, 6.45) is 3.77. The number of benzene rings is 1. The number of amides is 1. The van der Waals surface area contributed by atoms with Crippen LogP contribution in [0.15, 0.2) is 24.3 Å². The first-order valence-electron chi connectivity index (χ1n) is 10.4. The second-order valence-corrected chi connectivity index (χ2v) is 7.70. The third-order valence-electron chi connectivity index (χ3n) is 5.61. The summed E-state index contributed by atoms with van der Waals surface area (Å²) in [5, 5.41) is 0. The largest absolute Gasteiger partial charge is 0.484 e. The zero-order chi connectivity index (χ0) is 19.8. The van der Waals surface area contributed by atoms with E-state index in [2.05, 4.69) is 0 Å². The van der Waals surface area contributed by atoms with Gasteiger partial charge < -0.3 is 23.8 Å². The average Bonchev–Trinajstić information content (AvgIpc) is 2.70. The summed E-state index contributed by atoms with van der Waals surface area (Å²) < 4.78 is 23.1. The van der Waals surface area contributed by atoms with E-state index in [9.17, 15) is 4.79 Å². The summed E-state index contributed by atoms with van der Waals surface area (Å²) in [6.45, 7) is 8.23. The number of aryl methyl sites for hydroxylation is 1. The number of carbonyl (C=O) groups is 1. The van der Waals surface area contributed by atoms with Crippen LogP contribution in [0.3, 0.4) is 0 Å². The Kier molecular flexibility index (Phi) is 7.71. The van der Waals surface area contributed by atoms with Gasteiger partial charge in [0.15, 0.2) is 6.61 Å². The van der Waals surface area contributed by atoms with Crippen LogP contribution < -0.4 is 4.74 Å². The van der Waals surface area contributed by atoms with Crippen LogP contribution in [0.1, 0.15) is 38.2 Å². The number of ether oxygens (including phenoxy) is 4. The molecule has 0 N–H and O–H groups in total. The topological polar surface area (TPSA) is 57.2 Å². The molecule has 6 heteroatoms. The summed E-state index contributed by atoms with van der Waals surface area (Å²) >= 11 is 0. The quantitative estimate of drug-likeness (QED) is 0.638. The monoisotopic (exact) mass is 391 g/mol. The maximum absolute atomic E-state index is 12.5. The van der Waals surface area contributed by atoms with Gasteiger partial charge in [0, 0.05) is 32.7 Å². The van der Waals surface area contributed by atoms with E-state index >= 15 is 0 Å². The van der Waals surface area contributed by atoms with Crippen molar-refractivity contribution in [2.75, 3.05) is 46.1 Å². The fourth-order valence-electron chi connectivity index (χ4n) is 4.00. The van der Waals surface area contributed by atoms with E-state index in [1.807, 2.05) is 43.0 Å². The molecule has 6 nitrogen and oxygen atoms in total. The maximum Gasteiger partial charge on any atom is 0.260 e. The van der Waals surface area contributed by atoms with Gasteiger partial charge in [-0.05, 0) is 50.8 Å². The van der Waals surface area contributed by atoms with Gasteiger partial charge in [0.2, 0.25) is 0 Å². The summed E-state index contributed by atoms with van der Waals surface area (Å²) in [5.41, 5.74) is 0.972. The van der Waals surface area contributed by atoms with Gasteiger partial charge in [0.25, 0.3) is 5.91 Å². The summed E-state index contributed by atoms with van der Waals surface area (Å²) in [7, 11) is 0. The van der Waals surface area contributed by atoms with Gasteiger partial charge >= 0.3 is 0 Å². The number of piperidine rings is 1. The molecule has 1 spiro atoms. The molecule has 1 amide bonds. The first-order valence-corrected chi connectivity index (χ1v) is 10.4. The number of carbonyl (C=O) groups excluding carboxylic acids is 1. The molecular formula is C22H33NO5. The second-order valence-electron chi connectivity index (χ2n) is 7.70. The summed E-state index contributed by atoms with van der Waals surface area (Å²) in [5.74, 6) is 0.779. The van der Waals surface area contributed by atoms with Crippen LogP contribution in [0.2, 0.25) is 0 Å². The lowest BCUT2D eigenvalue weighted by Crippen LogP contribution is -2.52. The number of hydrogen-bond donors (Lipinski definition) is 0.